The third-order valence-corrected chi connectivity index (χ3v) is 3.47. The number of benzene rings is 1. The average Bonchev–Trinajstić information content (AvgIpc) is 2.65. The maximum Gasteiger partial charge on any atom is 0.360 e. The lowest BCUT2D eigenvalue weighted by molar-refractivity contribution is 0.0596. The van der Waals surface area contributed by atoms with Crippen molar-refractivity contribution in [1.82, 2.24) is 9.55 Å². The molecule has 0 amide bonds. The molecular weight excluding hydrogens is 345 g/mol. The third kappa shape index (κ3) is 2.07. The zero-order chi connectivity index (χ0) is 13.3. The highest BCUT2D eigenvalue weighted by molar-refractivity contribution is 14.1. The fraction of sp³-hybridized carbons (Fsp3) is 0.167. The number of ether oxygens (including phenoxy) is 1. The van der Waals surface area contributed by atoms with Crippen molar-refractivity contribution in [3.05, 3.63) is 39.4 Å². The number of rotatable bonds is 2. The molecule has 94 valence electrons. The number of aromatic nitrogens is 2. The van der Waals surface area contributed by atoms with Crippen molar-refractivity contribution in [1.29, 1.82) is 0 Å². The molecule has 0 atom stereocenters. The number of anilines is 1. The van der Waals surface area contributed by atoms with Crippen LogP contribution in [0.15, 0.2) is 24.3 Å². The molecule has 0 saturated heterocycles. The van der Waals surface area contributed by atoms with E-state index in [1.165, 1.54) is 7.11 Å². The zero-order valence-electron chi connectivity index (χ0n) is 9.98. The molecule has 0 aliphatic heterocycles. The summed E-state index contributed by atoms with van der Waals surface area (Å²) in [6.45, 7) is 1.80. The Morgan fingerprint density at radius 2 is 2.11 bits per heavy atom. The standard InChI is InChI=1S/C12H12IN3O2/c1-7-15-10(12(17)18-2)11(14)16(7)9-6-4-3-5-8(9)13/h3-6H,14H2,1-2H3. The quantitative estimate of drug-likeness (QED) is 0.661. The van der Waals surface area contributed by atoms with Gasteiger partial charge in [-0.25, -0.2) is 9.78 Å². The van der Waals surface area contributed by atoms with Crippen LogP contribution in [0, 0.1) is 10.5 Å². The normalized spacial score (nSPS) is 10.4. The summed E-state index contributed by atoms with van der Waals surface area (Å²) in [4.78, 5) is 15.7. The van der Waals surface area contributed by atoms with Crippen molar-refractivity contribution in [3.8, 4) is 5.69 Å². The van der Waals surface area contributed by atoms with Crippen molar-refractivity contribution in [2.75, 3.05) is 12.8 Å². The molecule has 0 unspecified atom stereocenters. The van der Waals surface area contributed by atoms with Gasteiger partial charge in [0, 0.05) is 3.57 Å². The lowest BCUT2D eigenvalue weighted by atomic mass is 10.3. The predicted octanol–water partition coefficient (Wildman–Crippen LogP) is 2.15. The number of nitrogens with zero attached hydrogens (tertiary/aromatic N) is 2. The maximum absolute atomic E-state index is 11.5. The van der Waals surface area contributed by atoms with Gasteiger partial charge in [-0.15, -0.1) is 0 Å². The second-order valence-corrected chi connectivity index (χ2v) is 4.83. The SMILES string of the molecule is COC(=O)c1nc(C)n(-c2ccccc2I)c1N. The van der Waals surface area contributed by atoms with Gasteiger partial charge in [0.2, 0.25) is 0 Å². The zero-order valence-corrected chi connectivity index (χ0v) is 12.1. The Hall–Kier alpha value is -1.57. The molecule has 0 spiro atoms. The molecule has 2 rings (SSSR count). The van der Waals surface area contributed by atoms with Crippen LogP contribution in [-0.4, -0.2) is 22.6 Å². The third-order valence-electron chi connectivity index (χ3n) is 2.55. The van der Waals surface area contributed by atoms with E-state index >= 15 is 0 Å². The minimum absolute atomic E-state index is 0.148. The molecule has 2 aromatic rings. The van der Waals surface area contributed by atoms with E-state index in [4.69, 9.17) is 5.73 Å². The Morgan fingerprint density at radius 3 is 2.72 bits per heavy atom. The van der Waals surface area contributed by atoms with Crippen molar-refractivity contribution in [3.63, 3.8) is 0 Å². The van der Waals surface area contributed by atoms with E-state index in [0.717, 1.165) is 9.26 Å². The summed E-state index contributed by atoms with van der Waals surface area (Å²) in [5.74, 6) is 0.417. The molecule has 18 heavy (non-hydrogen) atoms. The van der Waals surface area contributed by atoms with Gasteiger partial charge in [0.15, 0.2) is 5.69 Å². The maximum atomic E-state index is 11.5. The first-order valence-corrected chi connectivity index (χ1v) is 6.32. The number of imidazole rings is 1. The van der Waals surface area contributed by atoms with Gasteiger partial charge in [0.1, 0.15) is 11.6 Å². The molecule has 0 fully saturated rings. The monoisotopic (exact) mass is 357 g/mol. The van der Waals surface area contributed by atoms with E-state index in [1.807, 2.05) is 24.3 Å². The van der Waals surface area contributed by atoms with Gasteiger partial charge < -0.3 is 10.5 Å². The number of para-hydroxylation sites is 1. The number of hydrogen-bond acceptors (Lipinski definition) is 4. The molecule has 0 radical (unpaired) electrons. The first-order valence-electron chi connectivity index (χ1n) is 5.24. The Bertz CT molecular complexity index is 607. The molecule has 1 aromatic carbocycles. The Kier molecular flexibility index (Phi) is 3.55. The van der Waals surface area contributed by atoms with Gasteiger partial charge in [-0.1, -0.05) is 12.1 Å². The smallest absolute Gasteiger partial charge is 0.360 e. The van der Waals surface area contributed by atoms with Crippen LogP contribution in [0.25, 0.3) is 5.69 Å². The number of hydrogen-bond donors (Lipinski definition) is 1. The van der Waals surface area contributed by atoms with E-state index in [1.54, 1.807) is 11.5 Å². The summed E-state index contributed by atoms with van der Waals surface area (Å²) in [7, 11) is 1.31. The molecule has 1 aromatic heterocycles. The molecule has 0 aliphatic rings. The largest absolute Gasteiger partial charge is 0.464 e. The van der Waals surface area contributed by atoms with E-state index in [9.17, 15) is 4.79 Å². The first-order chi connectivity index (χ1) is 8.56. The van der Waals surface area contributed by atoms with Crippen LogP contribution in [0.3, 0.4) is 0 Å². The summed E-state index contributed by atoms with van der Waals surface area (Å²) < 4.78 is 7.43. The Balaban J connectivity index is 2.63. The molecule has 0 bridgehead atoms. The summed E-state index contributed by atoms with van der Waals surface area (Å²) >= 11 is 2.21. The Morgan fingerprint density at radius 1 is 1.44 bits per heavy atom. The van der Waals surface area contributed by atoms with E-state index < -0.39 is 5.97 Å². The van der Waals surface area contributed by atoms with Crippen molar-refractivity contribution in [2.45, 2.75) is 6.92 Å². The van der Waals surface area contributed by atoms with Crippen molar-refractivity contribution in [2.24, 2.45) is 0 Å². The number of carbonyl (C=O) groups excluding carboxylic acids is 1. The molecule has 1 heterocycles. The second kappa shape index (κ2) is 4.97. The Labute approximate surface area is 118 Å². The van der Waals surface area contributed by atoms with Gasteiger partial charge in [0.05, 0.1) is 12.8 Å². The highest BCUT2D eigenvalue weighted by Gasteiger charge is 2.20. The van der Waals surface area contributed by atoms with Crippen LogP contribution in [0.4, 0.5) is 5.82 Å². The summed E-state index contributed by atoms with van der Waals surface area (Å²) in [6, 6.07) is 7.74. The molecule has 2 N–H and O–H groups in total. The minimum atomic E-state index is -0.528. The highest BCUT2D eigenvalue weighted by Crippen LogP contribution is 2.24. The summed E-state index contributed by atoms with van der Waals surface area (Å²) in [6.07, 6.45) is 0. The number of methoxy groups -OCH3 is 1. The molecule has 5 nitrogen and oxygen atoms in total. The second-order valence-electron chi connectivity index (χ2n) is 3.67. The van der Waals surface area contributed by atoms with E-state index in [0.29, 0.717) is 11.6 Å². The van der Waals surface area contributed by atoms with Crippen LogP contribution in [0.1, 0.15) is 16.3 Å². The number of esters is 1. The van der Waals surface area contributed by atoms with Crippen LogP contribution < -0.4 is 5.73 Å². The molecular formula is C12H12IN3O2. The molecule has 0 saturated carbocycles. The van der Waals surface area contributed by atoms with Crippen molar-refractivity contribution < 1.29 is 9.53 Å². The number of nitrogens with two attached hydrogens (primary N) is 1. The summed E-state index contributed by atoms with van der Waals surface area (Å²) in [5.41, 5.74) is 7.02. The fourth-order valence-electron chi connectivity index (χ4n) is 1.73. The van der Waals surface area contributed by atoms with Crippen LogP contribution in [0.2, 0.25) is 0 Å². The van der Waals surface area contributed by atoms with E-state index in [2.05, 4.69) is 32.3 Å². The lowest BCUT2D eigenvalue weighted by Gasteiger charge is -2.09. The molecule has 6 heteroatoms. The fourth-order valence-corrected chi connectivity index (χ4v) is 2.36. The van der Waals surface area contributed by atoms with Gasteiger partial charge in [-0.05, 0) is 41.6 Å². The van der Waals surface area contributed by atoms with Crippen molar-refractivity contribution >= 4 is 34.4 Å². The van der Waals surface area contributed by atoms with Gasteiger partial charge in [-0.2, -0.15) is 0 Å². The summed E-state index contributed by atoms with van der Waals surface area (Å²) in [5, 5.41) is 0. The average molecular weight is 357 g/mol. The first kappa shape index (κ1) is 12.9. The van der Waals surface area contributed by atoms with Crippen LogP contribution in [0.5, 0.6) is 0 Å². The minimum Gasteiger partial charge on any atom is -0.464 e. The van der Waals surface area contributed by atoms with Gasteiger partial charge in [-0.3, -0.25) is 4.57 Å². The number of nitrogen functional groups attached to an aromatic ring is 1. The number of halogens is 1. The molecule has 0 aliphatic carbocycles. The topological polar surface area (TPSA) is 70.1 Å². The number of carbonyl (C=O) groups is 1. The van der Waals surface area contributed by atoms with Crippen LogP contribution >= 0.6 is 22.6 Å². The number of aryl methyl sites for hydroxylation is 1. The lowest BCUT2D eigenvalue weighted by Crippen LogP contribution is -2.08. The van der Waals surface area contributed by atoms with Gasteiger partial charge in [0.25, 0.3) is 0 Å². The highest BCUT2D eigenvalue weighted by atomic mass is 127. The van der Waals surface area contributed by atoms with Gasteiger partial charge >= 0.3 is 5.97 Å². The van der Waals surface area contributed by atoms with Crippen LogP contribution in [-0.2, 0) is 4.74 Å². The van der Waals surface area contributed by atoms with E-state index in [-0.39, 0.29) is 5.69 Å². The predicted molar refractivity (Wildman–Crippen MR) is 76.8 cm³/mol.